The first-order valence-corrected chi connectivity index (χ1v) is 12.7. The highest BCUT2D eigenvalue weighted by atomic mass is 32.2. The molecule has 0 radical (unpaired) electrons. The van der Waals surface area contributed by atoms with Crippen molar-refractivity contribution in [1.82, 2.24) is 10.2 Å². The summed E-state index contributed by atoms with van der Waals surface area (Å²) in [7, 11) is 0. The molecule has 1 N–H and O–H groups in total. The summed E-state index contributed by atoms with van der Waals surface area (Å²) < 4.78 is 50.7. The SMILES string of the molecule is CC(=O)O[C@@H](C)[C@]1(C(=O)N2CSc3ccc(C(F)(F)F)cc3C2)CC[C@@H](NC2CCOCC2)C1. The molecule has 2 fully saturated rings. The van der Waals surface area contributed by atoms with Gasteiger partial charge in [0, 0.05) is 43.7 Å². The third kappa shape index (κ3) is 5.39. The summed E-state index contributed by atoms with van der Waals surface area (Å²) in [6.07, 6.45) is -1.40. The Bertz CT molecular complexity index is 922. The molecule has 34 heavy (non-hydrogen) atoms. The summed E-state index contributed by atoms with van der Waals surface area (Å²) in [6.45, 7) is 4.61. The van der Waals surface area contributed by atoms with Gasteiger partial charge in [-0.15, -0.1) is 11.8 Å². The number of thioether (sulfide) groups is 1. The maximum absolute atomic E-state index is 13.9. The number of ether oxygens (including phenoxy) is 2. The number of nitrogens with zero attached hydrogens (tertiary/aromatic N) is 1. The van der Waals surface area contributed by atoms with Crippen molar-refractivity contribution >= 4 is 23.6 Å². The van der Waals surface area contributed by atoms with Crippen molar-refractivity contribution in [2.75, 3.05) is 19.1 Å². The highest BCUT2D eigenvalue weighted by Gasteiger charge is 2.53. The molecule has 0 bridgehead atoms. The van der Waals surface area contributed by atoms with E-state index in [1.807, 2.05) is 0 Å². The molecule has 1 aromatic carbocycles. The minimum absolute atomic E-state index is 0.103. The Morgan fingerprint density at radius 3 is 2.65 bits per heavy atom. The second-order valence-electron chi connectivity index (χ2n) is 9.50. The Hall–Kier alpha value is -1.78. The van der Waals surface area contributed by atoms with Crippen LogP contribution in [0.4, 0.5) is 13.2 Å². The number of nitrogens with one attached hydrogen (secondary N) is 1. The van der Waals surface area contributed by atoms with Crippen molar-refractivity contribution in [2.24, 2.45) is 5.41 Å². The zero-order valence-electron chi connectivity index (χ0n) is 19.5. The van der Waals surface area contributed by atoms with Gasteiger partial charge in [-0.2, -0.15) is 13.2 Å². The van der Waals surface area contributed by atoms with Crippen LogP contribution in [0.3, 0.4) is 0 Å². The number of hydrogen-bond donors (Lipinski definition) is 1. The van der Waals surface area contributed by atoms with Crippen LogP contribution in [0.25, 0.3) is 0 Å². The van der Waals surface area contributed by atoms with Gasteiger partial charge in [-0.3, -0.25) is 9.59 Å². The molecule has 1 saturated heterocycles. The van der Waals surface area contributed by atoms with Crippen LogP contribution < -0.4 is 5.32 Å². The Morgan fingerprint density at radius 1 is 1.24 bits per heavy atom. The van der Waals surface area contributed by atoms with E-state index in [4.69, 9.17) is 9.47 Å². The van der Waals surface area contributed by atoms with E-state index in [0.717, 1.165) is 36.3 Å². The van der Waals surface area contributed by atoms with E-state index in [0.29, 0.717) is 43.5 Å². The fourth-order valence-electron chi connectivity index (χ4n) is 5.38. The highest BCUT2D eigenvalue weighted by Crippen LogP contribution is 2.46. The number of hydrogen-bond acceptors (Lipinski definition) is 6. The first-order chi connectivity index (χ1) is 16.1. The van der Waals surface area contributed by atoms with Crippen molar-refractivity contribution in [3.8, 4) is 0 Å². The van der Waals surface area contributed by atoms with Gasteiger partial charge in [0.2, 0.25) is 5.91 Å². The van der Waals surface area contributed by atoms with Crippen LogP contribution in [0, 0.1) is 5.41 Å². The number of fused-ring (bicyclic) bond motifs is 1. The summed E-state index contributed by atoms with van der Waals surface area (Å²) in [4.78, 5) is 28.1. The first-order valence-electron chi connectivity index (χ1n) is 11.7. The second-order valence-corrected chi connectivity index (χ2v) is 10.5. The van der Waals surface area contributed by atoms with E-state index in [-0.39, 0.29) is 18.5 Å². The topological polar surface area (TPSA) is 67.9 Å². The van der Waals surface area contributed by atoms with E-state index in [9.17, 15) is 22.8 Å². The predicted octanol–water partition coefficient (Wildman–Crippen LogP) is 4.36. The van der Waals surface area contributed by atoms with Gasteiger partial charge >= 0.3 is 12.1 Å². The van der Waals surface area contributed by atoms with E-state index in [1.165, 1.54) is 24.8 Å². The molecular weight excluding hydrogens is 469 g/mol. The van der Waals surface area contributed by atoms with Crippen molar-refractivity contribution < 1.29 is 32.2 Å². The van der Waals surface area contributed by atoms with Gasteiger partial charge in [-0.25, -0.2) is 0 Å². The van der Waals surface area contributed by atoms with E-state index in [2.05, 4.69) is 5.32 Å². The van der Waals surface area contributed by atoms with Crippen LogP contribution in [0.2, 0.25) is 0 Å². The Morgan fingerprint density at radius 2 is 1.97 bits per heavy atom. The molecule has 2 aliphatic heterocycles. The lowest BCUT2D eigenvalue weighted by atomic mass is 9.79. The standard InChI is InChI=1S/C24H31F3N2O4S/c1-15(33-16(2)30)23(8-5-20(12-23)28-19-6-9-32-10-7-19)22(31)29-13-17-11-18(24(25,26)27)3-4-21(17)34-14-29/h3-4,11,15,19-20,28H,5-10,12-14H2,1-2H3/t15-,20+,23-/m0/s1. The van der Waals surface area contributed by atoms with E-state index >= 15 is 0 Å². The van der Waals surface area contributed by atoms with Crippen molar-refractivity contribution in [3.63, 3.8) is 0 Å². The summed E-state index contributed by atoms with van der Waals surface area (Å²) in [6, 6.07) is 4.12. The molecule has 1 amide bonds. The summed E-state index contributed by atoms with van der Waals surface area (Å²) >= 11 is 1.36. The molecule has 1 aliphatic carbocycles. The fraction of sp³-hybridized carbons (Fsp3) is 0.667. The molecule has 188 valence electrons. The minimum Gasteiger partial charge on any atom is -0.462 e. The minimum atomic E-state index is -4.44. The van der Waals surface area contributed by atoms with Crippen molar-refractivity contribution in [2.45, 2.75) is 81.8 Å². The third-order valence-corrected chi connectivity index (χ3v) is 8.35. The fourth-order valence-corrected chi connectivity index (χ4v) is 6.36. The molecule has 10 heteroatoms. The molecule has 2 heterocycles. The van der Waals surface area contributed by atoms with Crippen LogP contribution in [0.1, 0.15) is 57.1 Å². The molecule has 0 unspecified atom stereocenters. The number of carbonyl (C=O) groups excluding carboxylic acids is 2. The van der Waals surface area contributed by atoms with Crippen LogP contribution in [0.5, 0.6) is 0 Å². The highest BCUT2D eigenvalue weighted by molar-refractivity contribution is 7.99. The number of rotatable bonds is 5. The van der Waals surface area contributed by atoms with Crippen molar-refractivity contribution in [1.29, 1.82) is 0 Å². The predicted molar refractivity (Wildman–Crippen MR) is 121 cm³/mol. The lowest BCUT2D eigenvalue weighted by Crippen LogP contribution is -2.51. The van der Waals surface area contributed by atoms with E-state index in [1.54, 1.807) is 11.8 Å². The molecule has 4 rings (SSSR count). The maximum atomic E-state index is 13.9. The normalized spacial score (nSPS) is 26.7. The average molecular weight is 501 g/mol. The number of esters is 1. The molecule has 6 nitrogen and oxygen atoms in total. The monoisotopic (exact) mass is 500 g/mol. The number of alkyl halides is 3. The van der Waals surface area contributed by atoms with Gasteiger partial charge in [0.25, 0.3) is 0 Å². The van der Waals surface area contributed by atoms with Crippen LogP contribution in [-0.2, 0) is 31.8 Å². The lowest BCUT2D eigenvalue weighted by Gasteiger charge is -2.40. The summed E-state index contributed by atoms with van der Waals surface area (Å²) in [5.41, 5.74) is -1.14. The van der Waals surface area contributed by atoms with Crippen LogP contribution >= 0.6 is 11.8 Å². The van der Waals surface area contributed by atoms with Crippen LogP contribution in [-0.4, -0.2) is 54.1 Å². The van der Waals surface area contributed by atoms with Crippen LogP contribution in [0.15, 0.2) is 23.1 Å². The smallest absolute Gasteiger partial charge is 0.416 e. The molecule has 0 spiro atoms. The largest absolute Gasteiger partial charge is 0.462 e. The maximum Gasteiger partial charge on any atom is 0.416 e. The first kappa shape index (κ1) is 25.3. The van der Waals surface area contributed by atoms with Gasteiger partial charge < -0.3 is 19.7 Å². The molecule has 3 atom stereocenters. The van der Waals surface area contributed by atoms with Gasteiger partial charge in [0.1, 0.15) is 6.10 Å². The number of halogens is 3. The zero-order chi connectivity index (χ0) is 24.5. The Kier molecular flexibility index (Phi) is 7.50. The quantitative estimate of drug-likeness (QED) is 0.607. The second kappa shape index (κ2) is 10.1. The third-order valence-electron chi connectivity index (χ3n) is 7.20. The number of carbonyl (C=O) groups is 2. The summed E-state index contributed by atoms with van der Waals surface area (Å²) in [5, 5.41) is 3.66. The summed E-state index contributed by atoms with van der Waals surface area (Å²) in [5.74, 6) is -0.258. The van der Waals surface area contributed by atoms with Gasteiger partial charge in [-0.1, -0.05) is 0 Å². The Balaban J connectivity index is 1.54. The molecule has 1 aromatic rings. The molecular formula is C24H31F3N2O4S. The zero-order valence-corrected chi connectivity index (χ0v) is 20.3. The average Bonchev–Trinajstić information content (AvgIpc) is 3.22. The number of amides is 1. The van der Waals surface area contributed by atoms with Crippen molar-refractivity contribution in [3.05, 3.63) is 29.3 Å². The van der Waals surface area contributed by atoms with Gasteiger partial charge in [0.15, 0.2) is 0 Å². The number of benzene rings is 1. The van der Waals surface area contributed by atoms with E-state index < -0.39 is 29.2 Å². The molecule has 1 saturated carbocycles. The molecule has 3 aliphatic rings. The molecule has 0 aromatic heterocycles. The van der Waals surface area contributed by atoms with Gasteiger partial charge in [-0.05, 0) is 62.8 Å². The van der Waals surface area contributed by atoms with Gasteiger partial charge in [0.05, 0.1) is 16.9 Å². The lowest BCUT2D eigenvalue weighted by molar-refractivity contribution is -0.162. The Labute approximate surface area is 201 Å².